The molecule has 0 aliphatic rings. The van der Waals surface area contributed by atoms with E-state index < -0.39 is 4.92 Å². The first-order chi connectivity index (χ1) is 16.2. The number of benzene rings is 3. The summed E-state index contributed by atoms with van der Waals surface area (Å²) < 4.78 is 7.57. The van der Waals surface area contributed by atoms with Crippen molar-refractivity contribution in [2.45, 2.75) is 20.5 Å². The monoisotopic (exact) mass is 540 g/mol. The number of nitro benzene ring substituents is 1. The summed E-state index contributed by atoms with van der Waals surface area (Å²) in [6.07, 6.45) is 1.32. The van der Waals surface area contributed by atoms with Crippen molar-refractivity contribution < 1.29 is 9.66 Å². The molecule has 0 fully saturated rings. The van der Waals surface area contributed by atoms with Crippen molar-refractivity contribution in [2.24, 2.45) is 5.10 Å². The molecule has 3 aromatic carbocycles. The topological polar surface area (TPSA) is 99.6 Å². The Morgan fingerprint density at radius 3 is 2.74 bits per heavy atom. The van der Waals surface area contributed by atoms with E-state index in [9.17, 15) is 14.9 Å². The van der Waals surface area contributed by atoms with E-state index in [0.717, 1.165) is 20.3 Å². The Labute approximate surface area is 207 Å². The lowest BCUT2D eigenvalue weighted by Crippen LogP contribution is -2.20. The predicted octanol–water partition coefficient (Wildman–Crippen LogP) is 5.80. The molecule has 0 radical (unpaired) electrons. The number of nitro groups is 1. The van der Waals surface area contributed by atoms with Crippen LogP contribution in [0.1, 0.15) is 22.5 Å². The van der Waals surface area contributed by atoms with Crippen molar-refractivity contribution in [3.05, 3.63) is 107 Å². The van der Waals surface area contributed by atoms with Crippen LogP contribution >= 0.6 is 27.5 Å². The fourth-order valence-corrected chi connectivity index (χ4v) is 4.07. The number of halogens is 2. The van der Waals surface area contributed by atoms with Gasteiger partial charge in [0, 0.05) is 16.1 Å². The van der Waals surface area contributed by atoms with E-state index in [1.807, 2.05) is 31.2 Å². The third-order valence-electron chi connectivity index (χ3n) is 5.00. The summed E-state index contributed by atoms with van der Waals surface area (Å²) in [6.45, 7) is 3.73. The molecule has 10 heteroatoms. The van der Waals surface area contributed by atoms with E-state index in [1.54, 1.807) is 25.1 Å². The summed E-state index contributed by atoms with van der Waals surface area (Å²) in [5.41, 5.74) is 2.13. The summed E-state index contributed by atoms with van der Waals surface area (Å²) in [5.74, 6) is 0.339. The molecule has 0 aliphatic carbocycles. The summed E-state index contributed by atoms with van der Waals surface area (Å²) >= 11 is 9.69. The molecule has 1 aromatic heterocycles. The molecule has 8 nitrogen and oxygen atoms in total. The zero-order valence-corrected chi connectivity index (χ0v) is 20.5. The second-order valence-corrected chi connectivity index (χ2v) is 8.89. The molecule has 0 N–H and O–H groups in total. The van der Waals surface area contributed by atoms with Gasteiger partial charge in [-0.15, -0.1) is 0 Å². The second-order valence-electron chi connectivity index (χ2n) is 7.57. The maximum atomic E-state index is 12.9. The molecule has 172 valence electrons. The van der Waals surface area contributed by atoms with Crippen LogP contribution in [0.2, 0.25) is 5.02 Å². The van der Waals surface area contributed by atoms with Gasteiger partial charge in [0.25, 0.3) is 5.56 Å². The van der Waals surface area contributed by atoms with Gasteiger partial charge >= 0.3 is 5.69 Å². The standard InChI is InChI=1S/C24H18BrClN4O4/c1-14-4-3-5-16(8-14)13-34-23-20(26)9-17(10-22(23)30(32)33)12-27-29-15(2)28-21-7-6-18(25)11-19(21)24(29)31/h3-12H,13H2,1-2H3. The summed E-state index contributed by atoms with van der Waals surface area (Å²) in [5, 5.41) is 16.4. The normalized spacial score (nSPS) is 11.3. The first-order valence-electron chi connectivity index (χ1n) is 10.1. The third kappa shape index (κ3) is 5.00. The van der Waals surface area contributed by atoms with Gasteiger partial charge in [-0.2, -0.15) is 9.78 Å². The van der Waals surface area contributed by atoms with Gasteiger partial charge in [0.1, 0.15) is 12.4 Å². The molecule has 0 saturated carbocycles. The Hall–Kier alpha value is -3.56. The van der Waals surface area contributed by atoms with Gasteiger partial charge in [-0.3, -0.25) is 14.9 Å². The molecular formula is C24H18BrClN4O4. The first-order valence-corrected chi connectivity index (χ1v) is 11.3. The number of ether oxygens (including phenoxy) is 1. The Morgan fingerprint density at radius 1 is 1.21 bits per heavy atom. The summed E-state index contributed by atoms with van der Waals surface area (Å²) in [6, 6.07) is 15.6. The van der Waals surface area contributed by atoms with Gasteiger partial charge in [0.05, 0.1) is 27.1 Å². The van der Waals surface area contributed by atoms with Crippen molar-refractivity contribution in [3.8, 4) is 5.75 Å². The highest BCUT2D eigenvalue weighted by molar-refractivity contribution is 9.10. The lowest BCUT2D eigenvalue weighted by molar-refractivity contribution is -0.385. The number of rotatable bonds is 6. The smallest absolute Gasteiger partial charge is 0.313 e. The lowest BCUT2D eigenvalue weighted by Gasteiger charge is -2.10. The number of aryl methyl sites for hydroxylation is 2. The average Bonchev–Trinajstić information content (AvgIpc) is 2.78. The summed E-state index contributed by atoms with van der Waals surface area (Å²) in [7, 11) is 0. The highest BCUT2D eigenvalue weighted by Crippen LogP contribution is 2.36. The highest BCUT2D eigenvalue weighted by atomic mass is 79.9. The Morgan fingerprint density at radius 2 is 2.00 bits per heavy atom. The molecule has 34 heavy (non-hydrogen) atoms. The van der Waals surface area contributed by atoms with Crippen molar-refractivity contribution in [2.75, 3.05) is 0 Å². The zero-order chi connectivity index (χ0) is 24.4. The average molecular weight is 542 g/mol. The highest BCUT2D eigenvalue weighted by Gasteiger charge is 2.21. The Kier molecular flexibility index (Phi) is 6.76. The van der Waals surface area contributed by atoms with Crippen molar-refractivity contribution >= 4 is 50.3 Å². The minimum atomic E-state index is -0.568. The number of fused-ring (bicyclic) bond motifs is 1. The first kappa shape index (κ1) is 23.6. The largest absolute Gasteiger partial charge is 0.481 e. The van der Waals surface area contributed by atoms with Crippen molar-refractivity contribution in [3.63, 3.8) is 0 Å². The number of aromatic nitrogens is 2. The number of hydrogen-bond donors (Lipinski definition) is 0. The van der Waals surface area contributed by atoms with Crippen LogP contribution in [0.3, 0.4) is 0 Å². The van der Waals surface area contributed by atoms with Crippen LogP contribution in [0.5, 0.6) is 5.75 Å². The molecule has 0 unspecified atom stereocenters. The lowest BCUT2D eigenvalue weighted by atomic mass is 10.1. The van der Waals surface area contributed by atoms with Gasteiger partial charge in [-0.25, -0.2) is 4.98 Å². The minimum absolute atomic E-state index is 0.0316. The van der Waals surface area contributed by atoms with Crippen molar-refractivity contribution in [1.29, 1.82) is 0 Å². The molecular weight excluding hydrogens is 524 g/mol. The van der Waals surface area contributed by atoms with Gasteiger partial charge in [-0.05, 0) is 43.7 Å². The molecule has 4 rings (SSSR count). The van der Waals surface area contributed by atoms with E-state index in [2.05, 4.69) is 26.0 Å². The maximum Gasteiger partial charge on any atom is 0.313 e. The quantitative estimate of drug-likeness (QED) is 0.174. The van der Waals surface area contributed by atoms with Crippen LogP contribution in [0.4, 0.5) is 5.69 Å². The van der Waals surface area contributed by atoms with Crippen LogP contribution < -0.4 is 10.3 Å². The van der Waals surface area contributed by atoms with E-state index in [-0.39, 0.29) is 28.6 Å². The molecule has 0 bridgehead atoms. The van der Waals surface area contributed by atoms with Crippen LogP contribution in [0.15, 0.2) is 69.0 Å². The molecule has 0 atom stereocenters. The Bertz CT molecular complexity index is 1520. The van der Waals surface area contributed by atoms with E-state index >= 15 is 0 Å². The second kappa shape index (κ2) is 9.74. The third-order valence-corrected chi connectivity index (χ3v) is 5.78. The minimum Gasteiger partial charge on any atom is -0.481 e. The van der Waals surface area contributed by atoms with Crippen LogP contribution in [-0.4, -0.2) is 20.8 Å². The van der Waals surface area contributed by atoms with Crippen LogP contribution in [0.25, 0.3) is 10.9 Å². The molecule has 0 spiro atoms. The van der Waals surface area contributed by atoms with E-state index in [0.29, 0.717) is 22.3 Å². The fraction of sp³-hybridized carbons (Fsp3) is 0.125. The van der Waals surface area contributed by atoms with E-state index in [4.69, 9.17) is 16.3 Å². The van der Waals surface area contributed by atoms with Gasteiger partial charge in [0.2, 0.25) is 5.75 Å². The Balaban J connectivity index is 1.68. The molecule has 0 saturated heterocycles. The molecule has 0 aliphatic heterocycles. The molecule has 4 aromatic rings. The van der Waals surface area contributed by atoms with Gasteiger partial charge < -0.3 is 4.74 Å². The van der Waals surface area contributed by atoms with Gasteiger partial charge in [-0.1, -0.05) is 57.4 Å². The van der Waals surface area contributed by atoms with E-state index in [1.165, 1.54) is 18.3 Å². The van der Waals surface area contributed by atoms with Crippen LogP contribution in [0, 0.1) is 24.0 Å². The molecule has 1 heterocycles. The predicted molar refractivity (Wildman–Crippen MR) is 135 cm³/mol. The summed E-state index contributed by atoms with van der Waals surface area (Å²) in [4.78, 5) is 28.4. The zero-order valence-electron chi connectivity index (χ0n) is 18.2. The van der Waals surface area contributed by atoms with Crippen LogP contribution in [-0.2, 0) is 6.61 Å². The number of hydrogen-bond acceptors (Lipinski definition) is 6. The SMILES string of the molecule is Cc1cccc(COc2c(Cl)cc(C=Nn3c(C)nc4ccc(Br)cc4c3=O)cc2[N+](=O)[O-])c1. The maximum absolute atomic E-state index is 12.9. The fourth-order valence-electron chi connectivity index (χ4n) is 3.43. The number of nitrogens with zero attached hydrogens (tertiary/aromatic N) is 4. The molecule has 0 amide bonds. The van der Waals surface area contributed by atoms with Crippen molar-refractivity contribution in [1.82, 2.24) is 9.66 Å². The van der Waals surface area contributed by atoms with Gasteiger partial charge in [0.15, 0.2) is 0 Å².